The van der Waals surface area contributed by atoms with Crippen molar-refractivity contribution in [1.29, 1.82) is 0 Å². The van der Waals surface area contributed by atoms with Crippen molar-refractivity contribution in [3.8, 4) is 12.0 Å². The van der Waals surface area contributed by atoms with E-state index in [-0.39, 0.29) is 0 Å². The van der Waals surface area contributed by atoms with Gasteiger partial charge in [-0.1, -0.05) is 93.3 Å². The molecule has 0 bridgehead atoms. The van der Waals surface area contributed by atoms with Gasteiger partial charge < -0.3 is 0 Å². The minimum absolute atomic E-state index is 1.15. The third-order valence-corrected chi connectivity index (χ3v) is 8.42. The van der Waals surface area contributed by atoms with Crippen LogP contribution < -0.4 is 10.4 Å². The van der Waals surface area contributed by atoms with Crippen LogP contribution in [0, 0.1) is 12.0 Å². The van der Waals surface area contributed by atoms with Crippen molar-refractivity contribution in [1.82, 2.24) is 0 Å². The summed E-state index contributed by atoms with van der Waals surface area (Å²) in [6.45, 7) is 2.25. The maximum absolute atomic E-state index is 6.10. The van der Waals surface area contributed by atoms with Gasteiger partial charge in [-0.25, -0.2) is 0 Å². The highest BCUT2D eigenvalue weighted by atomic mass is 28.3. The summed E-state index contributed by atoms with van der Waals surface area (Å²) >= 11 is 0. The lowest BCUT2D eigenvalue weighted by atomic mass is 10.2. The summed E-state index contributed by atoms with van der Waals surface area (Å²) in [4.78, 5) is 0. The summed E-state index contributed by atoms with van der Waals surface area (Å²) in [6, 6.07) is 22.6. The fourth-order valence-electron chi connectivity index (χ4n) is 2.96. The Morgan fingerprint density at radius 2 is 1.33 bits per heavy atom. The highest BCUT2D eigenvalue weighted by Crippen LogP contribution is 2.16. The van der Waals surface area contributed by atoms with E-state index in [4.69, 9.17) is 6.42 Å². The summed E-state index contributed by atoms with van der Waals surface area (Å²) in [6.07, 6.45) is 11.2. The number of rotatable bonds is 7. The Bertz CT molecular complexity index is 526. The summed E-state index contributed by atoms with van der Waals surface area (Å²) in [5.41, 5.74) is 3.26. The smallest absolute Gasteiger partial charge is 0.126 e. The van der Waals surface area contributed by atoms with Gasteiger partial charge in [0.25, 0.3) is 0 Å². The molecule has 0 unspecified atom stereocenters. The first-order valence-electron chi connectivity index (χ1n) is 7.92. The zero-order valence-corrected chi connectivity index (χ0v) is 13.9. The summed E-state index contributed by atoms with van der Waals surface area (Å²) < 4.78 is 0. The van der Waals surface area contributed by atoms with E-state index in [1.165, 1.54) is 36.1 Å². The molecule has 2 rings (SSSR count). The summed E-state index contributed by atoms with van der Waals surface area (Å²) in [7, 11) is -2.04. The fourth-order valence-corrected chi connectivity index (χ4v) is 6.65. The van der Waals surface area contributed by atoms with Crippen LogP contribution in [0.15, 0.2) is 60.7 Å². The fraction of sp³-hybridized carbons (Fsp3) is 0.300. The Hall–Kier alpha value is -1.78. The van der Waals surface area contributed by atoms with Crippen LogP contribution in [0.4, 0.5) is 0 Å². The molecule has 1 heteroatoms. The number of hydrogen-bond acceptors (Lipinski definition) is 0. The molecule has 0 radical (unpaired) electrons. The minimum atomic E-state index is -2.04. The highest BCUT2D eigenvalue weighted by molar-refractivity contribution is 7.08. The monoisotopic (exact) mass is 292 g/mol. The molecule has 0 aromatic heterocycles. The molecule has 0 saturated carbocycles. The lowest BCUT2D eigenvalue weighted by Gasteiger charge is -2.27. The van der Waals surface area contributed by atoms with Crippen LogP contribution in [-0.2, 0) is 0 Å². The normalized spacial score (nSPS) is 11.0. The predicted octanol–water partition coefficient (Wildman–Crippen LogP) is 4.00. The number of benzene rings is 2. The standard InChI is InChI=1S/C20H24Si/c1-3-5-6-13-18-21(4-2,19-14-9-7-10-15-19)20-16-11-8-12-17-20/h2,7-12,14-17H,3,5-6,13,18H2,1H3. The Morgan fingerprint density at radius 1 is 0.810 bits per heavy atom. The van der Waals surface area contributed by atoms with Gasteiger partial charge in [0.05, 0.1) is 0 Å². The minimum Gasteiger partial charge on any atom is -0.126 e. The van der Waals surface area contributed by atoms with Gasteiger partial charge in [-0.15, -0.1) is 12.0 Å². The second kappa shape index (κ2) is 7.86. The van der Waals surface area contributed by atoms with Gasteiger partial charge in [-0.2, -0.15) is 0 Å². The van der Waals surface area contributed by atoms with Crippen molar-refractivity contribution in [3.05, 3.63) is 60.7 Å². The molecule has 0 fully saturated rings. The van der Waals surface area contributed by atoms with Gasteiger partial charge in [0, 0.05) is 0 Å². The van der Waals surface area contributed by atoms with E-state index in [2.05, 4.69) is 73.1 Å². The lowest BCUT2D eigenvalue weighted by molar-refractivity contribution is 0.699. The second-order valence-electron chi connectivity index (χ2n) is 5.59. The van der Waals surface area contributed by atoms with Gasteiger partial charge in [-0.05, 0) is 16.4 Å². The van der Waals surface area contributed by atoms with E-state index in [1.807, 2.05) is 0 Å². The van der Waals surface area contributed by atoms with Crippen molar-refractivity contribution in [2.24, 2.45) is 0 Å². The van der Waals surface area contributed by atoms with Crippen LogP contribution in [0.1, 0.15) is 32.6 Å². The Kier molecular flexibility index (Phi) is 5.84. The number of terminal acetylenes is 1. The Labute approximate surface area is 130 Å². The van der Waals surface area contributed by atoms with Gasteiger partial charge in [0.2, 0.25) is 0 Å². The van der Waals surface area contributed by atoms with Gasteiger partial charge >= 0.3 is 0 Å². The maximum Gasteiger partial charge on any atom is 0.198 e. The second-order valence-corrected chi connectivity index (χ2v) is 9.35. The van der Waals surface area contributed by atoms with Crippen LogP contribution in [-0.4, -0.2) is 8.07 Å². The van der Waals surface area contributed by atoms with Crippen LogP contribution in [0.2, 0.25) is 6.04 Å². The first-order valence-corrected chi connectivity index (χ1v) is 10.1. The third-order valence-electron chi connectivity index (χ3n) is 4.18. The molecule has 108 valence electrons. The highest BCUT2D eigenvalue weighted by Gasteiger charge is 2.34. The SMILES string of the molecule is C#C[Si](CCCCCC)(c1ccccc1)c1ccccc1. The topological polar surface area (TPSA) is 0 Å². The van der Waals surface area contributed by atoms with E-state index in [1.54, 1.807) is 0 Å². The largest absolute Gasteiger partial charge is 0.198 e. The van der Waals surface area contributed by atoms with E-state index in [9.17, 15) is 0 Å². The molecule has 0 aliphatic heterocycles. The molecular weight excluding hydrogens is 268 g/mol. The van der Waals surface area contributed by atoms with Crippen LogP contribution >= 0.6 is 0 Å². The first-order chi connectivity index (χ1) is 10.3. The van der Waals surface area contributed by atoms with Crippen molar-refractivity contribution < 1.29 is 0 Å². The van der Waals surface area contributed by atoms with Gasteiger partial charge in [0.15, 0.2) is 8.07 Å². The molecule has 21 heavy (non-hydrogen) atoms. The van der Waals surface area contributed by atoms with Gasteiger partial charge in [-0.3, -0.25) is 0 Å². The van der Waals surface area contributed by atoms with Crippen molar-refractivity contribution in [2.75, 3.05) is 0 Å². The maximum atomic E-state index is 6.10. The average Bonchev–Trinajstić information content (AvgIpc) is 2.57. The molecular formula is C20H24Si. The Balaban J connectivity index is 2.35. The first kappa shape index (κ1) is 15.6. The van der Waals surface area contributed by atoms with E-state index < -0.39 is 8.07 Å². The molecule has 0 aliphatic carbocycles. The van der Waals surface area contributed by atoms with E-state index in [0.717, 1.165) is 6.04 Å². The molecule has 0 heterocycles. The summed E-state index contributed by atoms with van der Waals surface area (Å²) in [5.74, 6) is 0. The summed E-state index contributed by atoms with van der Waals surface area (Å²) in [5, 5.41) is 2.74. The molecule has 0 amide bonds. The zero-order valence-electron chi connectivity index (χ0n) is 12.9. The molecule has 0 nitrogen and oxygen atoms in total. The zero-order chi connectivity index (χ0) is 15.0. The van der Waals surface area contributed by atoms with E-state index in [0.29, 0.717) is 0 Å². The molecule has 0 atom stereocenters. The molecule has 0 aliphatic rings. The lowest BCUT2D eigenvalue weighted by Crippen LogP contribution is -2.57. The average molecular weight is 292 g/mol. The molecule has 0 spiro atoms. The van der Waals surface area contributed by atoms with Crippen molar-refractivity contribution in [2.45, 2.75) is 38.7 Å². The van der Waals surface area contributed by atoms with Crippen molar-refractivity contribution in [3.63, 3.8) is 0 Å². The predicted molar refractivity (Wildman–Crippen MR) is 95.7 cm³/mol. The quantitative estimate of drug-likeness (QED) is 0.411. The Morgan fingerprint density at radius 3 is 1.76 bits per heavy atom. The van der Waals surface area contributed by atoms with Crippen molar-refractivity contribution >= 4 is 18.4 Å². The molecule has 2 aromatic carbocycles. The number of hydrogen-bond donors (Lipinski definition) is 0. The number of unbranched alkanes of at least 4 members (excludes halogenated alkanes) is 3. The van der Waals surface area contributed by atoms with Crippen LogP contribution in [0.25, 0.3) is 0 Å². The molecule has 2 aromatic rings. The molecule has 0 saturated heterocycles. The third kappa shape index (κ3) is 3.65. The molecule has 0 N–H and O–H groups in total. The van der Waals surface area contributed by atoms with Crippen LogP contribution in [0.3, 0.4) is 0 Å². The van der Waals surface area contributed by atoms with Gasteiger partial charge in [0.1, 0.15) is 0 Å². The van der Waals surface area contributed by atoms with E-state index >= 15 is 0 Å². The van der Waals surface area contributed by atoms with Crippen LogP contribution in [0.5, 0.6) is 0 Å².